The van der Waals surface area contributed by atoms with E-state index in [4.69, 9.17) is 16.7 Å². The van der Waals surface area contributed by atoms with Crippen LogP contribution in [0.4, 0.5) is 0 Å². The topological polar surface area (TPSA) is 37.3 Å². The second-order valence-corrected chi connectivity index (χ2v) is 2.61. The fraction of sp³-hybridized carbons (Fsp3) is 0.857. The first-order valence-corrected chi connectivity index (χ1v) is 3.99. The van der Waals surface area contributed by atoms with Crippen LogP contribution in [-0.4, -0.2) is 22.9 Å². The van der Waals surface area contributed by atoms with Crippen molar-refractivity contribution < 1.29 is 9.90 Å². The highest BCUT2D eigenvalue weighted by Gasteiger charge is 2.07. The molecule has 0 saturated carbocycles. The summed E-state index contributed by atoms with van der Waals surface area (Å²) in [6, 6.07) is 0. The van der Waals surface area contributed by atoms with Crippen LogP contribution >= 0.6 is 11.6 Å². The maximum absolute atomic E-state index is 10.8. The van der Waals surface area contributed by atoms with Crippen molar-refractivity contribution in [1.82, 2.24) is 0 Å². The Balaban J connectivity index is 3.37. The Labute approximate surface area is 66.2 Å². The van der Waals surface area contributed by atoms with Gasteiger partial charge in [-0.1, -0.05) is 6.92 Å². The molecule has 1 atom stereocenters. The van der Waals surface area contributed by atoms with Crippen LogP contribution in [0.1, 0.15) is 26.2 Å². The van der Waals surface area contributed by atoms with Crippen LogP contribution < -0.4 is 0 Å². The van der Waals surface area contributed by atoms with E-state index in [0.29, 0.717) is 6.42 Å². The number of ketones is 1. The molecular weight excluding hydrogens is 152 g/mol. The summed E-state index contributed by atoms with van der Waals surface area (Å²) in [5, 5.41) is 8.90. The second kappa shape index (κ2) is 5.69. The molecule has 0 amide bonds. The Kier molecular flexibility index (Phi) is 5.64. The largest absolute Gasteiger partial charge is 0.391 e. The van der Waals surface area contributed by atoms with Crippen LogP contribution in [0.3, 0.4) is 0 Å². The molecule has 60 valence electrons. The van der Waals surface area contributed by atoms with Crippen molar-refractivity contribution in [3.8, 4) is 0 Å². The minimum atomic E-state index is -0.652. The Bertz CT molecular complexity index is 104. The third-order valence-electron chi connectivity index (χ3n) is 1.17. The summed E-state index contributed by atoms with van der Waals surface area (Å²) in [6.07, 6.45) is 0.944. The van der Waals surface area contributed by atoms with Crippen LogP contribution in [0.15, 0.2) is 0 Å². The van der Waals surface area contributed by atoms with Crippen LogP contribution in [-0.2, 0) is 4.79 Å². The Morgan fingerprint density at radius 2 is 2.30 bits per heavy atom. The lowest BCUT2D eigenvalue weighted by atomic mass is 10.1. The van der Waals surface area contributed by atoms with Crippen molar-refractivity contribution in [1.29, 1.82) is 0 Å². The molecule has 2 nitrogen and oxygen atoms in total. The molecule has 1 N–H and O–H groups in total. The highest BCUT2D eigenvalue weighted by molar-refractivity contribution is 6.18. The summed E-state index contributed by atoms with van der Waals surface area (Å²) in [5.74, 6) is 0.241. The molecule has 10 heavy (non-hydrogen) atoms. The maximum Gasteiger partial charge on any atom is 0.135 e. The van der Waals surface area contributed by atoms with E-state index in [1.807, 2.05) is 6.92 Å². The molecular formula is C7H13ClO2. The van der Waals surface area contributed by atoms with Crippen molar-refractivity contribution in [3.05, 3.63) is 0 Å². The second-order valence-electron chi connectivity index (χ2n) is 2.30. The van der Waals surface area contributed by atoms with Gasteiger partial charge in [-0.3, -0.25) is 4.79 Å². The van der Waals surface area contributed by atoms with Gasteiger partial charge in [0.25, 0.3) is 0 Å². The summed E-state index contributed by atoms with van der Waals surface area (Å²) in [6.45, 7) is 1.94. The van der Waals surface area contributed by atoms with Crippen LogP contribution in [0.5, 0.6) is 0 Å². The normalized spacial score (nSPS) is 13.1. The lowest BCUT2D eigenvalue weighted by molar-refractivity contribution is -0.120. The number of hydrogen-bond donors (Lipinski definition) is 1. The first-order valence-electron chi connectivity index (χ1n) is 3.46. The van der Waals surface area contributed by atoms with Gasteiger partial charge >= 0.3 is 0 Å². The van der Waals surface area contributed by atoms with Crippen LogP contribution in [0.2, 0.25) is 0 Å². The van der Waals surface area contributed by atoms with Gasteiger partial charge in [-0.2, -0.15) is 0 Å². The molecule has 0 saturated heterocycles. The average molecular weight is 165 g/mol. The number of hydrogen-bond acceptors (Lipinski definition) is 2. The van der Waals surface area contributed by atoms with Crippen molar-refractivity contribution >= 4 is 17.4 Å². The molecule has 0 aliphatic carbocycles. The molecule has 0 aromatic rings. The van der Waals surface area contributed by atoms with Crippen molar-refractivity contribution in [3.63, 3.8) is 0 Å². The van der Waals surface area contributed by atoms with Gasteiger partial charge in [0.2, 0.25) is 0 Å². The molecule has 1 unspecified atom stereocenters. The van der Waals surface area contributed by atoms with E-state index in [-0.39, 0.29) is 18.1 Å². The van der Waals surface area contributed by atoms with Crippen LogP contribution in [0.25, 0.3) is 0 Å². The summed E-state index contributed by atoms with van der Waals surface area (Å²) < 4.78 is 0. The first kappa shape index (κ1) is 9.92. The summed E-state index contributed by atoms with van der Waals surface area (Å²) >= 11 is 5.29. The zero-order valence-electron chi connectivity index (χ0n) is 6.14. The highest BCUT2D eigenvalue weighted by Crippen LogP contribution is 2.00. The summed E-state index contributed by atoms with van der Waals surface area (Å²) in [4.78, 5) is 10.8. The summed E-state index contributed by atoms with van der Waals surface area (Å²) in [7, 11) is 0. The maximum atomic E-state index is 10.8. The quantitative estimate of drug-likeness (QED) is 0.623. The van der Waals surface area contributed by atoms with Gasteiger partial charge in [0.1, 0.15) is 5.78 Å². The molecule has 0 rings (SSSR count). The number of carbonyl (C=O) groups is 1. The predicted octanol–water partition coefficient (Wildman–Crippen LogP) is 1.35. The number of halogens is 1. The Morgan fingerprint density at radius 1 is 1.70 bits per heavy atom. The molecule has 0 radical (unpaired) electrons. The van der Waals surface area contributed by atoms with E-state index in [9.17, 15) is 4.79 Å². The van der Waals surface area contributed by atoms with E-state index in [0.717, 1.165) is 6.42 Å². The zero-order chi connectivity index (χ0) is 7.98. The number of aliphatic hydroxyl groups excluding tert-OH is 1. The molecule has 0 heterocycles. The van der Waals surface area contributed by atoms with Crippen LogP contribution in [0, 0.1) is 0 Å². The summed E-state index contributed by atoms with van der Waals surface area (Å²) in [5.41, 5.74) is 0. The molecule has 0 aromatic heterocycles. The standard InChI is InChI=1S/C7H13ClO2/c1-2-3-6(9)4-7(10)5-8/h7,10H,2-5H2,1H3. The van der Waals surface area contributed by atoms with E-state index in [1.165, 1.54) is 0 Å². The van der Waals surface area contributed by atoms with Gasteiger partial charge in [-0.05, 0) is 6.42 Å². The van der Waals surface area contributed by atoms with Gasteiger partial charge in [-0.15, -0.1) is 11.6 Å². The number of alkyl halides is 1. The van der Waals surface area contributed by atoms with E-state index in [1.54, 1.807) is 0 Å². The third kappa shape index (κ3) is 4.77. The highest BCUT2D eigenvalue weighted by atomic mass is 35.5. The average Bonchev–Trinajstić information content (AvgIpc) is 1.88. The lowest BCUT2D eigenvalue weighted by Gasteiger charge is -2.03. The Morgan fingerprint density at radius 3 is 2.70 bits per heavy atom. The van der Waals surface area contributed by atoms with Gasteiger partial charge in [0.05, 0.1) is 6.10 Å². The molecule has 3 heteroatoms. The minimum Gasteiger partial charge on any atom is -0.391 e. The third-order valence-corrected chi connectivity index (χ3v) is 1.53. The van der Waals surface area contributed by atoms with Gasteiger partial charge < -0.3 is 5.11 Å². The van der Waals surface area contributed by atoms with Gasteiger partial charge in [0.15, 0.2) is 0 Å². The van der Waals surface area contributed by atoms with Gasteiger partial charge in [0, 0.05) is 18.7 Å². The molecule has 0 aliphatic rings. The van der Waals surface area contributed by atoms with Gasteiger partial charge in [-0.25, -0.2) is 0 Å². The number of carbonyl (C=O) groups excluding carboxylic acids is 1. The molecule has 0 aromatic carbocycles. The smallest absolute Gasteiger partial charge is 0.135 e. The van der Waals surface area contributed by atoms with Crippen molar-refractivity contribution in [2.24, 2.45) is 0 Å². The molecule has 0 aliphatic heterocycles. The Hall–Kier alpha value is -0.0800. The fourth-order valence-electron chi connectivity index (χ4n) is 0.698. The number of Topliss-reactive ketones (excluding diaryl/α,β-unsaturated/α-hetero) is 1. The monoisotopic (exact) mass is 164 g/mol. The van der Waals surface area contributed by atoms with Crippen molar-refractivity contribution in [2.45, 2.75) is 32.3 Å². The minimum absolute atomic E-state index is 0.0932. The van der Waals surface area contributed by atoms with E-state index < -0.39 is 6.10 Å². The zero-order valence-corrected chi connectivity index (χ0v) is 6.90. The van der Waals surface area contributed by atoms with E-state index >= 15 is 0 Å². The molecule has 0 bridgehead atoms. The fourth-order valence-corrected chi connectivity index (χ4v) is 0.807. The predicted molar refractivity (Wildman–Crippen MR) is 41.3 cm³/mol. The van der Waals surface area contributed by atoms with Crippen molar-refractivity contribution in [2.75, 3.05) is 5.88 Å². The molecule has 0 spiro atoms. The lowest BCUT2D eigenvalue weighted by Crippen LogP contribution is -2.14. The SMILES string of the molecule is CCCC(=O)CC(O)CCl. The molecule has 0 fully saturated rings. The first-order chi connectivity index (χ1) is 4.70. The van der Waals surface area contributed by atoms with E-state index in [2.05, 4.69) is 0 Å². The number of aliphatic hydroxyl groups is 1. The number of rotatable bonds is 5.